The zero-order chi connectivity index (χ0) is 20.1. The minimum atomic E-state index is -0.354. The third-order valence-corrected chi connectivity index (χ3v) is 5.08. The van der Waals surface area contributed by atoms with Gasteiger partial charge in [-0.15, -0.1) is 0 Å². The van der Waals surface area contributed by atoms with E-state index < -0.39 is 0 Å². The van der Waals surface area contributed by atoms with Gasteiger partial charge in [0.15, 0.2) is 0 Å². The average molecular weight is 385 g/mol. The molecule has 0 bridgehead atoms. The summed E-state index contributed by atoms with van der Waals surface area (Å²) in [6.45, 7) is 1.27. The Bertz CT molecular complexity index is 1000. The van der Waals surface area contributed by atoms with E-state index in [0.29, 0.717) is 24.3 Å². The molecule has 1 aliphatic rings. The van der Waals surface area contributed by atoms with Crippen molar-refractivity contribution in [1.82, 2.24) is 10.6 Å². The highest BCUT2D eigenvalue weighted by Gasteiger charge is 2.27. The first-order valence-electron chi connectivity index (χ1n) is 9.75. The number of fused-ring (bicyclic) bond motifs is 1. The van der Waals surface area contributed by atoms with Gasteiger partial charge in [-0.25, -0.2) is 0 Å². The number of hydrogen-bond donors (Lipinski definition) is 3. The van der Waals surface area contributed by atoms with Crippen LogP contribution in [0.1, 0.15) is 33.1 Å². The lowest BCUT2D eigenvalue weighted by Crippen LogP contribution is -2.28. The van der Waals surface area contributed by atoms with Gasteiger partial charge in [0.25, 0.3) is 5.91 Å². The van der Waals surface area contributed by atoms with Crippen LogP contribution >= 0.6 is 0 Å². The van der Waals surface area contributed by atoms with Gasteiger partial charge < -0.3 is 10.6 Å². The monoisotopic (exact) mass is 385 g/mol. The molecule has 0 aliphatic carbocycles. The maximum absolute atomic E-state index is 12.6. The number of hydrogen-bond acceptors (Lipinski definition) is 3. The number of carbonyl (C=O) groups excluding carboxylic acids is 2. The van der Waals surface area contributed by atoms with Gasteiger partial charge >= 0.3 is 0 Å². The molecule has 2 amide bonds. The molecule has 1 unspecified atom stereocenters. The quantitative estimate of drug-likeness (QED) is 0.609. The number of carbonyl (C=O) groups is 2. The Hall–Kier alpha value is -3.44. The third kappa shape index (κ3) is 4.52. The molecule has 3 aromatic rings. The molecular formula is C24H23N3O2. The van der Waals surface area contributed by atoms with Crippen LogP contribution in [-0.2, 0) is 17.8 Å². The van der Waals surface area contributed by atoms with Gasteiger partial charge in [-0.1, -0.05) is 54.6 Å². The molecule has 1 heterocycles. The van der Waals surface area contributed by atoms with Crippen molar-refractivity contribution in [2.45, 2.75) is 19.0 Å². The summed E-state index contributed by atoms with van der Waals surface area (Å²) < 4.78 is 0. The number of benzene rings is 3. The lowest BCUT2D eigenvalue weighted by atomic mass is 10.0. The standard InChI is InChI=1S/C24H23N3O2/c28-23(25-15-14-17-6-2-1-3-7-17)18-10-12-20(13-11-18)27-24(29)22-21-9-5-4-8-19(21)16-26-22/h1-13,22,26H,14-16H2,(H,25,28)(H,27,29). The summed E-state index contributed by atoms with van der Waals surface area (Å²) in [5.41, 5.74) is 4.59. The zero-order valence-electron chi connectivity index (χ0n) is 16.0. The largest absolute Gasteiger partial charge is 0.352 e. The molecule has 29 heavy (non-hydrogen) atoms. The van der Waals surface area contributed by atoms with E-state index in [9.17, 15) is 9.59 Å². The Morgan fingerprint density at radius 3 is 2.41 bits per heavy atom. The van der Waals surface area contributed by atoms with Crippen LogP contribution in [0.3, 0.4) is 0 Å². The topological polar surface area (TPSA) is 70.2 Å². The molecule has 0 aromatic heterocycles. The Morgan fingerprint density at radius 2 is 1.62 bits per heavy atom. The minimum Gasteiger partial charge on any atom is -0.352 e. The SMILES string of the molecule is O=C(NCCc1ccccc1)c1ccc(NC(=O)C2NCc3ccccc32)cc1. The van der Waals surface area contributed by atoms with Crippen molar-refractivity contribution < 1.29 is 9.59 Å². The molecule has 5 heteroatoms. The van der Waals surface area contributed by atoms with E-state index >= 15 is 0 Å². The highest BCUT2D eigenvalue weighted by molar-refractivity contribution is 5.98. The van der Waals surface area contributed by atoms with Gasteiger partial charge in [-0.05, 0) is 47.4 Å². The molecule has 0 fully saturated rings. The van der Waals surface area contributed by atoms with Crippen molar-refractivity contribution in [2.24, 2.45) is 0 Å². The van der Waals surface area contributed by atoms with Crippen molar-refractivity contribution in [3.05, 3.63) is 101 Å². The van der Waals surface area contributed by atoms with Crippen molar-refractivity contribution in [1.29, 1.82) is 0 Å². The van der Waals surface area contributed by atoms with Crippen LogP contribution in [0.2, 0.25) is 0 Å². The highest BCUT2D eigenvalue weighted by atomic mass is 16.2. The Balaban J connectivity index is 1.31. The van der Waals surface area contributed by atoms with E-state index in [2.05, 4.69) is 16.0 Å². The molecule has 0 saturated carbocycles. The number of amides is 2. The van der Waals surface area contributed by atoms with E-state index in [-0.39, 0.29) is 17.9 Å². The molecule has 4 rings (SSSR count). The van der Waals surface area contributed by atoms with E-state index in [4.69, 9.17) is 0 Å². The van der Waals surface area contributed by atoms with E-state index in [0.717, 1.165) is 17.5 Å². The van der Waals surface area contributed by atoms with E-state index in [1.807, 2.05) is 54.6 Å². The predicted octanol–water partition coefficient (Wildman–Crippen LogP) is 3.44. The van der Waals surface area contributed by atoms with Crippen LogP contribution < -0.4 is 16.0 Å². The summed E-state index contributed by atoms with van der Waals surface area (Å²) in [6, 6.07) is 24.6. The zero-order valence-corrected chi connectivity index (χ0v) is 16.0. The number of nitrogens with one attached hydrogen (secondary N) is 3. The van der Waals surface area contributed by atoms with Gasteiger partial charge in [-0.3, -0.25) is 14.9 Å². The molecule has 0 radical (unpaired) electrons. The first kappa shape index (κ1) is 18.9. The summed E-state index contributed by atoms with van der Waals surface area (Å²) >= 11 is 0. The fraction of sp³-hybridized carbons (Fsp3) is 0.167. The Labute approximate surface area is 170 Å². The smallest absolute Gasteiger partial charge is 0.251 e. The van der Waals surface area contributed by atoms with Crippen molar-refractivity contribution >= 4 is 17.5 Å². The summed E-state index contributed by atoms with van der Waals surface area (Å²) in [5, 5.41) is 9.08. The fourth-order valence-corrected chi connectivity index (χ4v) is 3.52. The molecule has 1 aliphatic heterocycles. The van der Waals surface area contributed by atoms with Crippen LogP contribution in [0.5, 0.6) is 0 Å². The van der Waals surface area contributed by atoms with Gasteiger partial charge in [0, 0.05) is 24.3 Å². The third-order valence-electron chi connectivity index (χ3n) is 5.08. The van der Waals surface area contributed by atoms with Crippen molar-refractivity contribution in [2.75, 3.05) is 11.9 Å². The predicted molar refractivity (Wildman–Crippen MR) is 114 cm³/mol. The minimum absolute atomic E-state index is 0.102. The summed E-state index contributed by atoms with van der Waals surface area (Å²) in [4.78, 5) is 24.9. The van der Waals surface area contributed by atoms with E-state index in [1.165, 1.54) is 5.56 Å². The Kier molecular flexibility index (Phi) is 5.68. The number of rotatable bonds is 6. The normalized spacial score (nSPS) is 14.8. The van der Waals surface area contributed by atoms with Gasteiger partial charge in [0.1, 0.15) is 6.04 Å². The first-order chi connectivity index (χ1) is 14.2. The second kappa shape index (κ2) is 8.71. The highest BCUT2D eigenvalue weighted by Crippen LogP contribution is 2.26. The summed E-state index contributed by atoms with van der Waals surface area (Å²) in [5.74, 6) is -0.222. The maximum atomic E-state index is 12.6. The molecular weight excluding hydrogens is 362 g/mol. The van der Waals surface area contributed by atoms with Gasteiger partial charge in [-0.2, -0.15) is 0 Å². The Morgan fingerprint density at radius 1 is 0.897 bits per heavy atom. The first-order valence-corrected chi connectivity index (χ1v) is 9.75. The molecule has 3 aromatic carbocycles. The molecule has 1 atom stereocenters. The van der Waals surface area contributed by atoms with Crippen LogP contribution in [0.25, 0.3) is 0 Å². The second-order valence-electron chi connectivity index (χ2n) is 7.07. The fourth-order valence-electron chi connectivity index (χ4n) is 3.52. The average Bonchev–Trinajstić information content (AvgIpc) is 3.19. The van der Waals surface area contributed by atoms with Crippen LogP contribution in [-0.4, -0.2) is 18.4 Å². The summed E-state index contributed by atoms with van der Waals surface area (Å²) in [7, 11) is 0. The van der Waals surface area contributed by atoms with E-state index in [1.54, 1.807) is 24.3 Å². The number of anilines is 1. The molecule has 3 N–H and O–H groups in total. The molecule has 0 spiro atoms. The van der Waals surface area contributed by atoms with Gasteiger partial charge in [0.2, 0.25) is 5.91 Å². The molecule has 0 saturated heterocycles. The maximum Gasteiger partial charge on any atom is 0.251 e. The van der Waals surface area contributed by atoms with Crippen LogP contribution in [0.15, 0.2) is 78.9 Å². The molecule has 5 nitrogen and oxygen atoms in total. The van der Waals surface area contributed by atoms with Crippen molar-refractivity contribution in [3.8, 4) is 0 Å². The summed E-state index contributed by atoms with van der Waals surface area (Å²) in [6.07, 6.45) is 0.788. The lowest BCUT2D eigenvalue weighted by Gasteiger charge is -2.13. The van der Waals surface area contributed by atoms with Crippen LogP contribution in [0, 0.1) is 0 Å². The second-order valence-corrected chi connectivity index (χ2v) is 7.07. The molecule has 146 valence electrons. The van der Waals surface area contributed by atoms with Crippen LogP contribution in [0.4, 0.5) is 5.69 Å². The lowest BCUT2D eigenvalue weighted by molar-refractivity contribution is -0.118. The van der Waals surface area contributed by atoms with Crippen molar-refractivity contribution in [3.63, 3.8) is 0 Å². The van der Waals surface area contributed by atoms with Gasteiger partial charge in [0.05, 0.1) is 0 Å².